The Bertz CT molecular complexity index is 698. The molecule has 4 nitrogen and oxygen atoms in total. The fraction of sp³-hybridized carbons (Fsp3) is 0.125. The predicted octanol–water partition coefficient (Wildman–Crippen LogP) is 3.21. The first-order chi connectivity index (χ1) is 9.97. The molecule has 0 heterocycles. The van der Waals surface area contributed by atoms with Gasteiger partial charge in [0.2, 0.25) is 0 Å². The highest BCUT2D eigenvalue weighted by atomic mass is 32.1. The monoisotopic (exact) mass is 299 g/mol. The Hall–Kier alpha value is -2.40. The second-order valence-electron chi connectivity index (χ2n) is 4.81. The molecule has 2 rings (SSSR count). The lowest BCUT2D eigenvalue weighted by molar-refractivity contribution is 0.102. The largest absolute Gasteiger partial charge is 0.376 e. The highest BCUT2D eigenvalue weighted by Crippen LogP contribution is 2.24. The molecule has 0 saturated heterocycles. The molecule has 2 aromatic rings. The van der Waals surface area contributed by atoms with Crippen molar-refractivity contribution in [2.24, 2.45) is 5.73 Å². The van der Waals surface area contributed by atoms with Crippen LogP contribution < -0.4 is 16.4 Å². The van der Waals surface area contributed by atoms with E-state index in [1.807, 2.05) is 50.2 Å². The van der Waals surface area contributed by atoms with Gasteiger partial charge in [-0.25, -0.2) is 0 Å². The molecular formula is C16H17N3OS. The number of nitrogens with one attached hydrogen (secondary N) is 2. The predicted molar refractivity (Wildman–Crippen MR) is 90.7 cm³/mol. The number of rotatable bonds is 3. The lowest BCUT2D eigenvalue weighted by Gasteiger charge is -2.14. The molecule has 0 aromatic heterocycles. The lowest BCUT2D eigenvalue weighted by Crippen LogP contribution is -2.21. The quantitative estimate of drug-likeness (QED) is 0.761. The Kier molecular flexibility index (Phi) is 4.55. The van der Waals surface area contributed by atoms with Gasteiger partial charge < -0.3 is 16.4 Å². The van der Waals surface area contributed by atoms with Crippen LogP contribution in [-0.4, -0.2) is 11.0 Å². The summed E-state index contributed by atoms with van der Waals surface area (Å²) in [6.07, 6.45) is 0. The van der Waals surface area contributed by atoms with E-state index in [-0.39, 0.29) is 11.0 Å². The summed E-state index contributed by atoms with van der Waals surface area (Å²) in [7, 11) is 0. The molecule has 0 spiro atoms. The van der Waals surface area contributed by atoms with Crippen LogP contribution in [0.3, 0.4) is 0 Å². The van der Waals surface area contributed by atoms with Gasteiger partial charge in [0.25, 0.3) is 5.91 Å². The van der Waals surface area contributed by atoms with Crippen LogP contribution in [0.1, 0.15) is 21.5 Å². The Morgan fingerprint density at radius 2 is 1.76 bits per heavy atom. The van der Waals surface area contributed by atoms with E-state index in [1.54, 1.807) is 6.07 Å². The van der Waals surface area contributed by atoms with Crippen molar-refractivity contribution < 1.29 is 4.79 Å². The van der Waals surface area contributed by atoms with Crippen LogP contribution >= 0.6 is 12.2 Å². The molecule has 0 atom stereocenters. The molecule has 0 fully saturated rings. The minimum absolute atomic E-state index is 0.159. The van der Waals surface area contributed by atoms with E-state index in [1.165, 1.54) is 0 Å². The number of anilines is 2. The van der Waals surface area contributed by atoms with Crippen molar-refractivity contribution in [3.05, 3.63) is 59.2 Å². The topological polar surface area (TPSA) is 67.2 Å². The summed E-state index contributed by atoms with van der Waals surface area (Å²) < 4.78 is 0. The lowest BCUT2D eigenvalue weighted by atomic mass is 10.1. The number of amides is 1. The Labute approximate surface area is 129 Å². The van der Waals surface area contributed by atoms with E-state index in [9.17, 15) is 4.79 Å². The maximum atomic E-state index is 12.4. The number of nitrogens with two attached hydrogens (primary N) is 1. The third-order valence-electron chi connectivity index (χ3n) is 3.07. The Balaban J connectivity index is 2.29. The zero-order valence-electron chi connectivity index (χ0n) is 11.9. The fourth-order valence-electron chi connectivity index (χ4n) is 2.02. The second-order valence-corrected chi connectivity index (χ2v) is 5.25. The molecule has 0 aliphatic heterocycles. The van der Waals surface area contributed by atoms with Crippen LogP contribution in [0.25, 0.3) is 0 Å². The zero-order chi connectivity index (χ0) is 15.4. The van der Waals surface area contributed by atoms with Crippen molar-refractivity contribution in [2.75, 3.05) is 10.6 Å². The van der Waals surface area contributed by atoms with Crippen molar-refractivity contribution in [1.82, 2.24) is 0 Å². The van der Waals surface area contributed by atoms with Gasteiger partial charge in [0.15, 0.2) is 5.11 Å². The highest BCUT2D eigenvalue weighted by molar-refractivity contribution is 7.80. The van der Waals surface area contributed by atoms with Gasteiger partial charge in [0.05, 0.1) is 11.4 Å². The van der Waals surface area contributed by atoms with Gasteiger partial charge >= 0.3 is 0 Å². The molecule has 2 aromatic carbocycles. The molecule has 0 bridgehead atoms. The van der Waals surface area contributed by atoms with Crippen molar-refractivity contribution in [1.29, 1.82) is 0 Å². The molecule has 21 heavy (non-hydrogen) atoms. The molecule has 1 amide bonds. The van der Waals surface area contributed by atoms with E-state index in [0.717, 1.165) is 11.1 Å². The third-order valence-corrected chi connectivity index (χ3v) is 3.17. The molecular weight excluding hydrogens is 282 g/mol. The van der Waals surface area contributed by atoms with Gasteiger partial charge in [-0.05, 0) is 55.4 Å². The van der Waals surface area contributed by atoms with E-state index in [4.69, 9.17) is 18.0 Å². The van der Waals surface area contributed by atoms with Crippen LogP contribution in [0.2, 0.25) is 0 Å². The smallest absolute Gasteiger partial charge is 0.255 e. The number of hydrogen-bond acceptors (Lipinski definition) is 2. The SMILES string of the molecule is Cc1ccc(NC(=O)c2ccccc2C)c(NC(N)=S)c1. The van der Waals surface area contributed by atoms with Crippen LogP contribution in [0.15, 0.2) is 42.5 Å². The van der Waals surface area contributed by atoms with Crippen LogP contribution in [0, 0.1) is 13.8 Å². The van der Waals surface area contributed by atoms with Gasteiger partial charge in [0, 0.05) is 5.56 Å². The van der Waals surface area contributed by atoms with Gasteiger partial charge in [-0.3, -0.25) is 4.79 Å². The van der Waals surface area contributed by atoms with Gasteiger partial charge in [-0.2, -0.15) is 0 Å². The normalized spacial score (nSPS) is 10.0. The maximum absolute atomic E-state index is 12.4. The summed E-state index contributed by atoms with van der Waals surface area (Å²) in [4.78, 5) is 12.4. The van der Waals surface area contributed by atoms with E-state index >= 15 is 0 Å². The van der Waals surface area contributed by atoms with Crippen molar-refractivity contribution in [3.63, 3.8) is 0 Å². The zero-order valence-corrected chi connectivity index (χ0v) is 12.8. The summed E-state index contributed by atoms with van der Waals surface area (Å²) in [6, 6.07) is 13.1. The Morgan fingerprint density at radius 1 is 1.05 bits per heavy atom. The number of thiocarbonyl (C=S) groups is 1. The summed E-state index contributed by atoms with van der Waals surface area (Å²) in [5, 5.41) is 5.92. The van der Waals surface area contributed by atoms with E-state index < -0.39 is 0 Å². The number of carbonyl (C=O) groups is 1. The molecule has 0 aliphatic rings. The summed E-state index contributed by atoms with van der Waals surface area (Å²) >= 11 is 4.86. The molecule has 0 aliphatic carbocycles. The first-order valence-corrected chi connectivity index (χ1v) is 6.92. The average molecular weight is 299 g/mol. The van der Waals surface area contributed by atoms with Crippen LogP contribution in [0.5, 0.6) is 0 Å². The third kappa shape index (κ3) is 3.79. The summed E-state index contributed by atoms with van der Waals surface area (Å²) in [6.45, 7) is 3.86. The first-order valence-electron chi connectivity index (χ1n) is 6.51. The summed E-state index contributed by atoms with van der Waals surface area (Å²) in [5.41, 5.74) is 9.45. The molecule has 5 heteroatoms. The molecule has 4 N–H and O–H groups in total. The maximum Gasteiger partial charge on any atom is 0.255 e. The highest BCUT2D eigenvalue weighted by Gasteiger charge is 2.11. The molecule has 0 unspecified atom stereocenters. The minimum atomic E-state index is -0.164. The standard InChI is InChI=1S/C16H17N3OS/c1-10-7-8-13(14(9-10)19-16(17)21)18-15(20)12-6-4-3-5-11(12)2/h3-9H,1-2H3,(H,18,20)(H3,17,19,21). The van der Waals surface area contributed by atoms with E-state index in [0.29, 0.717) is 16.9 Å². The Morgan fingerprint density at radius 3 is 2.43 bits per heavy atom. The number of aryl methyl sites for hydroxylation is 2. The van der Waals surface area contributed by atoms with Crippen molar-refractivity contribution >= 4 is 34.6 Å². The van der Waals surface area contributed by atoms with Gasteiger partial charge in [-0.15, -0.1) is 0 Å². The first kappa shape index (κ1) is 15.0. The average Bonchev–Trinajstić information content (AvgIpc) is 2.41. The van der Waals surface area contributed by atoms with Gasteiger partial charge in [0.1, 0.15) is 0 Å². The van der Waals surface area contributed by atoms with Crippen molar-refractivity contribution in [2.45, 2.75) is 13.8 Å². The summed E-state index contributed by atoms with van der Waals surface area (Å²) in [5.74, 6) is -0.164. The second kappa shape index (κ2) is 6.37. The molecule has 0 saturated carbocycles. The number of benzene rings is 2. The van der Waals surface area contributed by atoms with E-state index in [2.05, 4.69) is 10.6 Å². The van der Waals surface area contributed by atoms with Crippen LogP contribution in [-0.2, 0) is 0 Å². The number of carbonyl (C=O) groups excluding carboxylic acids is 1. The van der Waals surface area contributed by atoms with Gasteiger partial charge in [-0.1, -0.05) is 24.3 Å². The minimum Gasteiger partial charge on any atom is -0.376 e. The van der Waals surface area contributed by atoms with Crippen molar-refractivity contribution in [3.8, 4) is 0 Å². The van der Waals surface area contributed by atoms with Crippen LogP contribution in [0.4, 0.5) is 11.4 Å². The number of hydrogen-bond donors (Lipinski definition) is 3. The fourth-order valence-corrected chi connectivity index (χ4v) is 2.13. The molecule has 0 radical (unpaired) electrons. The molecule has 108 valence electrons.